The van der Waals surface area contributed by atoms with Crippen LogP contribution in [-0.2, 0) is 0 Å². The number of nitrogens with one attached hydrogen (secondary N) is 2. The van der Waals surface area contributed by atoms with E-state index in [4.69, 9.17) is 4.74 Å². The first-order valence-electron chi connectivity index (χ1n) is 8.14. The van der Waals surface area contributed by atoms with Crippen LogP contribution >= 0.6 is 11.3 Å². The molecule has 0 saturated heterocycles. The van der Waals surface area contributed by atoms with Gasteiger partial charge in [0.05, 0.1) is 12.3 Å². The van der Waals surface area contributed by atoms with Crippen LogP contribution in [0.2, 0.25) is 0 Å². The molecule has 0 spiro atoms. The molecule has 2 aromatic rings. The van der Waals surface area contributed by atoms with Crippen LogP contribution in [0, 0.1) is 0 Å². The number of rotatable bonds is 9. The van der Waals surface area contributed by atoms with E-state index >= 15 is 0 Å². The van der Waals surface area contributed by atoms with Crippen molar-refractivity contribution in [3.05, 3.63) is 46.7 Å². The molecule has 1 heterocycles. The molecular weight excluding hydrogens is 324 g/mol. The van der Waals surface area contributed by atoms with Gasteiger partial charge in [-0.3, -0.25) is 0 Å². The van der Waals surface area contributed by atoms with E-state index < -0.39 is 0 Å². The third-order valence-corrected chi connectivity index (χ3v) is 4.41. The molecule has 0 unspecified atom stereocenters. The summed E-state index contributed by atoms with van der Waals surface area (Å²) < 4.78 is 5.49. The van der Waals surface area contributed by atoms with Crippen molar-refractivity contribution in [1.29, 1.82) is 0 Å². The topological polar surface area (TPSA) is 70.6 Å². The zero-order chi connectivity index (χ0) is 17.2. The molecule has 3 N–H and O–H groups in total. The van der Waals surface area contributed by atoms with Gasteiger partial charge in [-0.1, -0.05) is 12.1 Å². The summed E-state index contributed by atoms with van der Waals surface area (Å²) >= 11 is 1.65. The SMILES string of the molecule is CCOc1ccccc1NC(=O)NCC[C@H](CCO)c1ccsc1. The molecule has 0 radical (unpaired) electrons. The van der Waals surface area contributed by atoms with Crippen LogP contribution in [0.3, 0.4) is 0 Å². The van der Waals surface area contributed by atoms with Gasteiger partial charge in [-0.15, -0.1) is 0 Å². The highest BCUT2D eigenvalue weighted by molar-refractivity contribution is 7.07. The summed E-state index contributed by atoms with van der Waals surface area (Å²) in [6.07, 6.45) is 1.49. The van der Waals surface area contributed by atoms with Crippen LogP contribution in [0.25, 0.3) is 0 Å². The van der Waals surface area contributed by atoms with E-state index in [2.05, 4.69) is 22.1 Å². The van der Waals surface area contributed by atoms with E-state index in [1.165, 1.54) is 5.56 Å². The lowest BCUT2D eigenvalue weighted by molar-refractivity contribution is 0.250. The highest BCUT2D eigenvalue weighted by atomic mass is 32.1. The molecule has 0 aliphatic rings. The van der Waals surface area contributed by atoms with E-state index in [1.807, 2.05) is 36.6 Å². The molecule has 0 aliphatic heterocycles. The number of ether oxygens (including phenoxy) is 1. The van der Waals surface area contributed by atoms with Crippen LogP contribution in [0.1, 0.15) is 31.2 Å². The minimum absolute atomic E-state index is 0.147. The molecule has 2 amide bonds. The number of benzene rings is 1. The first kappa shape index (κ1) is 18.3. The number of carbonyl (C=O) groups excluding carboxylic acids is 1. The van der Waals surface area contributed by atoms with Crippen LogP contribution in [-0.4, -0.2) is 30.9 Å². The number of thiophene rings is 1. The molecule has 1 atom stereocenters. The second-order valence-corrected chi connectivity index (χ2v) is 6.14. The Balaban J connectivity index is 1.82. The van der Waals surface area contributed by atoms with Gasteiger partial charge < -0.3 is 20.5 Å². The number of para-hydroxylation sites is 2. The molecule has 24 heavy (non-hydrogen) atoms. The van der Waals surface area contributed by atoms with Crippen LogP contribution in [0.15, 0.2) is 41.1 Å². The lowest BCUT2D eigenvalue weighted by Crippen LogP contribution is -2.30. The molecule has 0 fully saturated rings. The summed E-state index contributed by atoms with van der Waals surface area (Å²) in [4.78, 5) is 12.1. The molecule has 1 aromatic carbocycles. The number of amides is 2. The molecule has 5 nitrogen and oxygen atoms in total. The predicted molar refractivity (Wildman–Crippen MR) is 98.0 cm³/mol. The maximum absolute atomic E-state index is 12.1. The number of carbonyl (C=O) groups is 1. The van der Waals surface area contributed by atoms with Crippen molar-refractivity contribution in [2.45, 2.75) is 25.7 Å². The smallest absolute Gasteiger partial charge is 0.319 e. The average molecular weight is 348 g/mol. The molecule has 0 aliphatic carbocycles. The molecule has 130 valence electrons. The average Bonchev–Trinajstić information content (AvgIpc) is 3.10. The van der Waals surface area contributed by atoms with Gasteiger partial charge in [0.1, 0.15) is 5.75 Å². The van der Waals surface area contributed by atoms with Crippen molar-refractivity contribution in [2.75, 3.05) is 25.1 Å². The maximum atomic E-state index is 12.1. The number of hydrogen-bond acceptors (Lipinski definition) is 4. The van der Waals surface area contributed by atoms with Crippen LogP contribution < -0.4 is 15.4 Å². The normalized spacial score (nSPS) is 11.8. The molecular formula is C18H24N2O3S. The summed E-state index contributed by atoms with van der Waals surface area (Å²) in [6, 6.07) is 9.18. The van der Waals surface area contributed by atoms with Crippen molar-refractivity contribution in [3.63, 3.8) is 0 Å². The summed E-state index contributed by atoms with van der Waals surface area (Å²) in [5.74, 6) is 0.920. The minimum Gasteiger partial charge on any atom is -0.492 e. The Bertz CT molecular complexity index is 616. The Morgan fingerprint density at radius 2 is 2.12 bits per heavy atom. The fraction of sp³-hybridized carbons (Fsp3) is 0.389. The van der Waals surface area contributed by atoms with Crippen molar-refractivity contribution in [2.24, 2.45) is 0 Å². The van der Waals surface area contributed by atoms with E-state index in [-0.39, 0.29) is 18.6 Å². The molecule has 0 bridgehead atoms. The number of anilines is 1. The Kier molecular flexibility index (Phi) is 7.58. The first-order valence-corrected chi connectivity index (χ1v) is 9.08. The number of hydrogen-bond donors (Lipinski definition) is 3. The quantitative estimate of drug-likeness (QED) is 0.645. The zero-order valence-electron chi connectivity index (χ0n) is 13.8. The lowest BCUT2D eigenvalue weighted by Gasteiger charge is -2.16. The Morgan fingerprint density at radius 1 is 1.29 bits per heavy atom. The maximum Gasteiger partial charge on any atom is 0.319 e. The van der Waals surface area contributed by atoms with Gasteiger partial charge in [-0.25, -0.2) is 4.79 Å². The van der Waals surface area contributed by atoms with Gasteiger partial charge in [0, 0.05) is 13.2 Å². The van der Waals surface area contributed by atoms with Gasteiger partial charge in [0.15, 0.2) is 0 Å². The summed E-state index contributed by atoms with van der Waals surface area (Å²) in [7, 11) is 0. The Labute approximate surface area is 146 Å². The van der Waals surface area contributed by atoms with E-state index in [0.29, 0.717) is 31.0 Å². The van der Waals surface area contributed by atoms with Gasteiger partial charge in [0.2, 0.25) is 0 Å². The van der Waals surface area contributed by atoms with Crippen LogP contribution in [0.4, 0.5) is 10.5 Å². The van der Waals surface area contributed by atoms with E-state index in [9.17, 15) is 9.90 Å². The largest absolute Gasteiger partial charge is 0.492 e. The fourth-order valence-electron chi connectivity index (χ4n) is 2.52. The summed E-state index contributed by atoms with van der Waals surface area (Å²) in [5.41, 5.74) is 1.87. The van der Waals surface area contributed by atoms with E-state index in [1.54, 1.807) is 11.3 Å². The van der Waals surface area contributed by atoms with Crippen molar-refractivity contribution in [1.82, 2.24) is 5.32 Å². The van der Waals surface area contributed by atoms with Crippen molar-refractivity contribution < 1.29 is 14.6 Å². The van der Waals surface area contributed by atoms with Crippen LogP contribution in [0.5, 0.6) is 5.75 Å². The third kappa shape index (κ3) is 5.54. The van der Waals surface area contributed by atoms with Crippen molar-refractivity contribution in [3.8, 4) is 5.75 Å². The Hall–Kier alpha value is -2.05. The predicted octanol–water partition coefficient (Wildman–Crippen LogP) is 3.82. The molecule has 2 rings (SSSR count). The van der Waals surface area contributed by atoms with Gasteiger partial charge in [-0.2, -0.15) is 11.3 Å². The minimum atomic E-state index is -0.254. The lowest BCUT2D eigenvalue weighted by atomic mass is 9.95. The van der Waals surface area contributed by atoms with Gasteiger partial charge >= 0.3 is 6.03 Å². The van der Waals surface area contributed by atoms with Crippen molar-refractivity contribution >= 4 is 23.1 Å². The van der Waals surface area contributed by atoms with E-state index in [0.717, 1.165) is 6.42 Å². The second kappa shape index (κ2) is 9.95. The molecule has 6 heteroatoms. The highest BCUT2D eigenvalue weighted by Gasteiger charge is 2.12. The molecule has 0 saturated carbocycles. The fourth-order valence-corrected chi connectivity index (χ4v) is 3.26. The monoisotopic (exact) mass is 348 g/mol. The third-order valence-electron chi connectivity index (χ3n) is 3.71. The number of urea groups is 1. The standard InChI is InChI=1S/C18H24N2O3S/c1-2-23-17-6-4-3-5-16(17)20-18(22)19-10-7-14(8-11-21)15-9-12-24-13-15/h3-6,9,12-14,21H,2,7-8,10-11H2,1H3,(H2,19,20,22)/t14-/m1/s1. The Morgan fingerprint density at radius 3 is 2.83 bits per heavy atom. The second-order valence-electron chi connectivity index (χ2n) is 5.36. The van der Waals surface area contributed by atoms with Gasteiger partial charge in [0.25, 0.3) is 0 Å². The van der Waals surface area contributed by atoms with Gasteiger partial charge in [-0.05, 0) is 60.2 Å². The first-order chi connectivity index (χ1) is 11.7. The summed E-state index contributed by atoms with van der Waals surface area (Å²) in [5, 5.41) is 19.0. The zero-order valence-corrected chi connectivity index (χ0v) is 14.6. The number of aliphatic hydroxyl groups excluding tert-OH is 1. The molecule has 1 aromatic heterocycles. The highest BCUT2D eigenvalue weighted by Crippen LogP contribution is 2.25. The summed E-state index contributed by atoms with van der Waals surface area (Å²) in [6.45, 7) is 3.14. The number of aliphatic hydroxyl groups is 1.